The van der Waals surface area contributed by atoms with E-state index in [9.17, 15) is 17.2 Å². The third-order valence-corrected chi connectivity index (χ3v) is 3.61. The van der Waals surface area contributed by atoms with E-state index in [2.05, 4.69) is 0 Å². The molecule has 0 saturated carbocycles. The number of hydrogen-bond acceptors (Lipinski definition) is 3. The van der Waals surface area contributed by atoms with Gasteiger partial charge in [0.25, 0.3) is 5.92 Å². The second kappa shape index (κ2) is 6.63. The molecule has 0 unspecified atom stereocenters. The molecule has 0 aliphatic carbocycles. The van der Waals surface area contributed by atoms with Crippen molar-refractivity contribution in [1.82, 2.24) is 4.72 Å². The molecule has 0 saturated heterocycles. The largest absolute Gasteiger partial charge is 0.325 e. The van der Waals surface area contributed by atoms with E-state index in [1.807, 2.05) is 0 Å². The Labute approximate surface area is 115 Å². The lowest BCUT2D eigenvalue weighted by atomic mass is 10.3. The van der Waals surface area contributed by atoms with E-state index in [0.29, 0.717) is 5.02 Å². The van der Waals surface area contributed by atoms with E-state index in [4.69, 9.17) is 17.3 Å². The monoisotopic (exact) mass is 320 g/mol. The molecular weight excluding hydrogens is 309 g/mol. The number of benzene rings is 1. The van der Waals surface area contributed by atoms with Crippen molar-refractivity contribution >= 4 is 34.0 Å². The van der Waals surface area contributed by atoms with Gasteiger partial charge in [0.05, 0.1) is 18.0 Å². The lowest BCUT2D eigenvalue weighted by Crippen LogP contribution is -2.41. The van der Waals surface area contributed by atoms with Crippen LogP contribution in [0.1, 0.15) is 0 Å². The van der Waals surface area contributed by atoms with Crippen molar-refractivity contribution in [2.75, 3.05) is 13.1 Å². The molecule has 1 aromatic rings. The van der Waals surface area contributed by atoms with Gasteiger partial charge in [0.1, 0.15) is 0 Å². The number of halogens is 4. The molecular formula is C9H12Cl2F2N2O2S. The lowest BCUT2D eigenvalue weighted by molar-refractivity contribution is 0.0170. The maximum atomic E-state index is 12.8. The highest BCUT2D eigenvalue weighted by atomic mass is 35.5. The van der Waals surface area contributed by atoms with Crippen LogP contribution in [0.5, 0.6) is 0 Å². The van der Waals surface area contributed by atoms with E-state index in [1.54, 1.807) is 4.72 Å². The predicted octanol–water partition coefficient (Wildman–Crippen LogP) is 1.63. The number of nitrogens with two attached hydrogens (primary N) is 1. The fraction of sp³-hybridized carbons (Fsp3) is 0.333. The summed E-state index contributed by atoms with van der Waals surface area (Å²) in [5, 5.41) is 0.358. The van der Waals surface area contributed by atoms with Crippen LogP contribution in [0.3, 0.4) is 0 Å². The van der Waals surface area contributed by atoms with Gasteiger partial charge in [0.15, 0.2) is 0 Å². The molecule has 0 atom stereocenters. The molecule has 0 amide bonds. The minimum Gasteiger partial charge on any atom is -0.325 e. The summed E-state index contributed by atoms with van der Waals surface area (Å²) in [5.74, 6) is -3.26. The SMILES string of the molecule is Cl.NCC(F)(F)CNS(=O)(=O)c1ccc(Cl)cc1. The Morgan fingerprint density at radius 2 is 1.78 bits per heavy atom. The summed E-state index contributed by atoms with van der Waals surface area (Å²) >= 11 is 5.58. The van der Waals surface area contributed by atoms with E-state index in [1.165, 1.54) is 24.3 Å². The Kier molecular flexibility index (Phi) is 6.45. The van der Waals surface area contributed by atoms with Crippen LogP contribution in [0.15, 0.2) is 29.2 Å². The Morgan fingerprint density at radius 1 is 1.28 bits per heavy atom. The van der Waals surface area contributed by atoms with Crippen LogP contribution in [0.25, 0.3) is 0 Å². The Bertz CT molecular complexity index is 480. The average molecular weight is 321 g/mol. The smallest absolute Gasteiger partial charge is 0.273 e. The van der Waals surface area contributed by atoms with Gasteiger partial charge < -0.3 is 5.73 Å². The molecule has 0 aliphatic heterocycles. The van der Waals surface area contributed by atoms with Gasteiger partial charge in [0, 0.05) is 5.02 Å². The van der Waals surface area contributed by atoms with Crippen LogP contribution < -0.4 is 10.5 Å². The highest BCUT2D eigenvalue weighted by Crippen LogP contribution is 2.15. The van der Waals surface area contributed by atoms with Gasteiger partial charge in [-0.25, -0.2) is 21.9 Å². The third kappa shape index (κ3) is 5.03. The van der Waals surface area contributed by atoms with Crippen LogP contribution in [-0.2, 0) is 10.0 Å². The Hall–Kier alpha value is -0.470. The minimum atomic E-state index is -3.96. The summed E-state index contributed by atoms with van der Waals surface area (Å²) in [6.45, 7) is -1.95. The first-order valence-corrected chi connectivity index (χ1v) is 6.46. The molecule has 104 valence electrons. The van der Waals surface area contributed by atoms with E-state index in [0.717, 1.165) is 0 Å². The summed E-state index contributed by atoms with van der Waals surface area (Å²) in [7, 11) is -3.96. The second-order valence-electron chi connectivity index (χ2n) is 3.34. The van der Waals surface area contributed by atoms with Crippen LogP contribution in [0, 0.1) is 0 Å². The van der Waals surface area contributed by atoms with Crippen LogP contribution in [-0.4, -0.2) is 27.4 Å². The fourth-order valence-electron chi connectivity index (χ4n) is 0.970. The molecule has 4 nitrogen and oxygen atoms in total. The molecule has 0 radical (unpaired) electrons. The molecule has 3 N–H and O–H groups in total. The third-order valence-electron chi connectivity index (χ3n) is 1.94. The zero-order chi connectivity index (χ0) is 13.1. The van der Waals surface area contributed by atoms with Crippen molar-refractivity contribution < 1.29 is 17.2 Å². The van der Waals surface area contributed by atoms with Gasteiger partial charge >= 0.3 is 0 Å². The van der Waals surface area contributed by atoms with E-state index < -0.39 is 29.0 Å². The molecule has 1 aromatic carbocycles. The predicted molar refractivity (Wildman–Crippen MR) is 67.9 cm³/mol. The zero-order valence-electron chi connectivity index (χ0n) is 9.07. The van der Waals surface area contributed by atoms with Crippen molar-refractivity contribution in [3.8, 4) is 0 Å². The first-order chi connectivity index (χ1) is 7.77. The van der Waals surface area contributed by atoms with Gasteiger partial charge in [-0.05, 0) is 24.3 Å². The molecule has 0 spiro atoms. The summed E-state index contributed by atoms with van der Waals surface area (Å²) in [4.78, 5) is -0.130. The average Bonchev–Trinajstić information content (AvgIpc) is 2.27. The molecule has 0 aromatic heterocycles. The molecule has 9 heteroatoms. The van der Waals surface area contributed by atoms with Crippen LogP contribution in [0.4, 0.5) is 8.78 Å². The first kappa shape index (κ1) is 17.5. The van der Waals surface area contributed by atoms with Crippen LogP contribution >= 0.6 is 24.0 Å². The molecule has 0 bridgehead atoms. The van der Waals surface area contributed by atoms with Gasteiger partial charge in [0.2, 0.25) is 10.0 Å². The standard InChI is InChI=1S/C9H11ClF2N2O2S.ClH/c10-7-1-3-8(4-2-7)17(15,16)14-6-9(11,12)5-13;/h1-4,14H,5-6,13H2;1H. The van der Waals surface area contributed by atoms with Gasteiger partial charge in [-0.2, -0.15) is 0 Å². The molecule has 18 heavy (non-hydrogen) atoms. The van der Waals surface area contributed by atoms with E-state index >= 15 is 0 Å². The molecule has 0 aliphatic rings. The topological polar surface area (TPSA) is 72.2 Å². The van der Waals surface area contributed by atoms with Crippen molar-refractivity contribution in [2.24, 2.45) is 5.73 Å². The lowest BCUT2D eigenvalue weighted by Gasteiger charge is -2.14. The van der Waals surface area contributed by atoms with Crippen molar-refractivity contribution in [3.63, 3.8) is 0 Å². The first-order valence-electron chi connectivity index (χ1n) is 4.60. The highest BCUT2D eigenvalue weighted by molar-refractivity contribution is 7.89. The van der Waals surface area contributed by atoms with Crippen molar-refractivity contribution in [3.05, 3.63) is 29.3 Å². The van der Waals surface area contributed by atoms with Crippen LogP contribution in [0.2, 0.25) is 5.02 Å². The number of nitrogens with one attached hydrogen (secondary N) is 1. The van der Waals surface area contributed by atoms with Crippen molar-refractivity contribution in [2.45, 2.75) is 10.8 Å². The van der Waals surface area contributed by atoms with E-state index in [-0.39, 0.29) is 17.3 Å². The second-order valence-corrected chi connectivity index (χ2v) is 5.54. The number of hydrogen-bond donors (Lipinski definition) is 2. The van der Waals surface area contributed by atoms with Gasteiger partial charge in [-0.3, -0.25) is 0 Å². The highest BCUT2D eigenvalue weighted by Gasteiger charge is 2.29. The zero-order valence-corrected chi connectivity index (χ0v) is 11.5. The number of alkyl halides is 2. The number of rotatable bonds is 5. The summed E-state index contributed by atoms with van der Waals surface area (Å²) < 4.78 is 50.5. The molecule has 1 rings (SSSR count). The van der Waals surface area contributed by atoms with Gasteiger partial charge in [-0.1, -0.05) is 11.6 Å². The maximum Gasteiger partial charge on any atom is 0.273 e. The normalized spacial score (nSPS) is 12.0. The summed E-state index contributed by atoms with van der Waals surface area (Å²) in [5.41, 5.74) is 4.79. The molecule has 0 heterocycles. The van der Waals surface area contributed by atoms with Crippen molar-refractivity contribution in [1.29, 1.82) is 0 Å². The minimum absolute atomic E-state index is 0. The Balaban J connectivity index is 0.00000289. The summed E-state index contributed by atoms with van der Waals surface area (Å²) in [6.07, 6.45) is 0. The molecule has 0 fully saturated rings. The number of sulfonamides is 1. The Morgan fingerprint density at radius 3 is 2.22 bits per heavy atom. The van der Waals surface area contributed by atoms with Gasteiger partial charge in [-0.15, -0.1) is 12.4 Å². The summed E-state index contributed by atoms with van der Waals surface area (Å²) in [6, 6.07) is 5.17. The fourth-order valence-corrected chi connectivity index (χ4v) is 2.16. The maximum absolute atomic E-state index is 12.8. The quantitative estimate of drug-likeness (QED) is 0.866.